The number of hydrogen-bond acceptors (Lipinski definition) is 4. The molecule has 0 radical (unpaired) electrons. The molecule has 0 atom stereocenters. The van der Waals surface area contributed by atoms with E-state index in [0.29, 0.717) is 11.1 Å². The lowest BCUT2D eigenvalue weighted by Gasteiger charge is -2.10. The lowest BCUT2D eigenvalue weighted by molar-refractivity contribution is -0.122. The van der Waals surface area contributed by atoms with E-state index in [1.165, 1.54) is 0 Å². The fourth-order valence-electron chi connectivity index (χ4n) is 4.33. The molecule has 5 nitrogen and oxygen atoms in total. The fourth-order valence-corrected chi connectivity index (χ4v) is 5.28. The summed E-state index contributed by atoms with van der Waals surface area (Å²) in [6, 6.07) is 16.1. The molecule has 0 spiro atoms. The van der Waals surface area contributed by atoms with Crippen molar-refractivity contribution in [2.75, 3.05) is 20.6 Å². The summed E-state index contributed by atoms with van der Waals surface area (Å²) in [4.78, 5) is 28.0. The molecular weight excluding hydrogens is 406 g/mol. The first-order valence-electron chi connectivity index (χ1n) is 10.3. The van der Waals surface area contributed by atoms with Crippen LogP contribution in [-0.4, -0.2) is 41.9 Å². The minimum atomic E-state index is -0.327. The van der Waals surface area contributed by atoms with Gasteiger partial charge >= 0.3 is 0 Å². The Balaban J connectivity index is 1.70. The molecule has 2 amide bonds. The van der Waals surface area contributed by atoms with E-state index in [0.717, 1.165) is 51.6 Å². The Bertz CT molecular complexity index is 1360. The zero-order chi connectivity index (χ0) is 21.5. The number of aryl methyl sites for hydroxylation is 1. The summed E-state index contributed by atoms with van der Waals surface area (Å²) in [5.41, 5.74) is 3.65. The van der Waals surface area contributed by atoms with E-state index in [-0.39, 0.29) is 11.8 Å². The van der Waals surface area contributed by atoms with E-state index < -0.39 is 0 Å². The number of amides is 2. The van der Waals surface area contributed by atoms with Gasteiger partial charge in [-0.05, 0) is 39.2 Å². The number of nitrogens with one attached hydrogen (secondary N) is 1. The number of aromatic nitrogens is 1. The molecule has 2 aromatic heterocycles. The van der Waals surface area contributed by atoms with Crippen molar-refractivity contribution in [2.45, 2.75) is 13.0 Å². The third kappa shape index (κ3) is 3.38. The molecule has 0 saturated carbocycles. The molecule has 156 valence electrons. The third-order valence-corrected chi connectivity index (χ3v) is 6.71. The number of nitrogens with zero attached hydrogens (tertiary/aromatic N) is 2. The number of thiophene rings is 1. The maximum atomic E-state index is 13.0. The molecule has 0 saturated heterocycles. The molecule has 0 bridgehead atoms. The first kappa shape index (κ1) is 19.7. The van der Waals surface area contributed by atoms with E-state index in [4.69, 9.17) is 0 Å². The van der Waals surface area contributed by atoms with Gasteiger partial charge in [-0.1, -0.05) is 36.4 Å². The Morgan fingerprint density at radius 2 is 1.58 bits per heavy atom. The predicted octanol–water partition coefficient (Wildman–Crippen LogP) is 4.37. The molecule has 31 heavy (non-hydrogen) atoms. The third-order valence-electron chi connectivity index (χ3n) is 5.74. The van der Waals surface area contributed by atoms with Crippen molar-refractivity contribution in [1.29, 1.82) is 0 Å². The van der Waals surface area contributed by atoms with Crippen molar-refractivity contribution in [3.05, 3.63) is 71.2 Å². The van der Waals surface area contributed by atoms with E-state index >= 15 is 0 Å². The van der Waals surface area contributed by atoms with Gasteiger partial charge in [0.1, 0.15) is 0 Å². The minimum Gasteiger partial charge on any atom is -0.347 e. The maximum absolute atomic E-state index is 13.0. The van der Waals surface area contributed by atoms with Gasteiger partial charge in [0.15, 0.2) is 0 Å². The number of imide groups is 1. The summed E-state index contributed by atoms with van der Waals surface area (Å²) in [6.45, 7) is 1.83. The molecule has 5 rings (SSSR count). The summed E-state index contributed by atoms with van der Waals surface area (Å²) in [5, 5.41) is 6.51. The Morgan fingerprint density at radius 3 is 2.35 bits per heavy atom. The Labute approximate surface area is 184 Å². The van der Waals surface area contributed by atoms with Gasteiger partial charge in [-0.15, -0.1) is 11.3 Å². The average Bonchev–Trinajstić information content (AvgIpc) is 3.41. The van der Waals surface area contributed by atoms with Crippen molar-refractivity contribution < 1.29 is 9.59 Å². The highest BCUT2D eigenvalue weighted by molar-refractivity contribution is 7.17. The van der Waals surface area contributed by atoms with Crippen LogP contribution in [0.5, 0.6) is 0 Å². The highest BCUT2D eigenvalue weighted by Gasteiger charge is 2.34. The molecule has 1 aliphatic heterocycles. The number of hydrogen-bond donors (Lipinski definition) is 1. The second kappa shape index (κ2) is 7.80. The molecule has 3 heterocycles. The van der Waals surface area contributed by atoms with Crippen LogP contribution in [0.2, 0.25) is 0 Å². The molecule has 0 aliphatic carbocycles. The van der Waals surface area contributed by atoms with Crippen LogP contribution in [0.4, 0.5) is 0 Å². The molecule has 0 unspecified atom stereocenters. The van der Waals surface area contributed by atoms with Crippen LogP contribution in [0.15, 0.2) is 60.1 Å². The molecular formula is C25H23N3O2S. The molecule has 4 aromatic rings. The summed E-state index contributed by atoms with van der Waals surface area (Å²) < 4.78 is 3.29. The largest absolute Gasteiger partial charge is 0.347 e. The zero-order valence-electron chi connectivity index (χ0n) is 17.5. The standard InChI is InChI=1S/C25H23N3O2S/c1-27(2)12-7-13-28-14-18(16-8-3-5-10-20(16)28)22-23(25(30)26-24(22)29)19-15-31-21-11-6-4-9-17(19)21/h3-6,8-11,14-15H,7,12-13H2,1-2H3,(H,26,29,30). The highest BCUT2D eigenvalue weighted by Crippen LogP contribution is 2.40. The Hall–Kier alpha value is -3.22. The highest BCUT2D eigenvalue weighted by atomic mass is 32.1. The van der Waals surface area contributed by atoms with E-state index in [1.54, 1.807) is 11.3 Å². The van der Waals surface area contributed by atoms with Crippen LogP contribution in [-0.2, 0) is 16.1 Å². The number of carbonyl (C=O) groups excluding carboxylic acids is 2. The molecule has 1 N–H and O–H groups in total. The smallest absolute Gasteiger partial charge is 0.259 e. The molecule has 0 fully saturated rings. The summed E-state index contributed by atoms with van der Waals surface area (Å²) in [7, 11) is 4.13. The predicted molar refractivity (Wildman–Crippen MR) is 127 cm³/mol. The number of benzene rings is 2. The number of carbonyl (C=O) groups is 2. The van der Waals surface area contributed by atoms with Gasteiger partial charge < -0.3 is 9.47 Å². The summed E-state index contributed by atoms with van der Waals surface area (Å²) in [6.07, 6.45) is 3.03. The van der Waals surface area contributed by atoms with Crippen molar-refractivity contribution in [3.63, 3.8) is 0 Å². The molecule has 1 aliphatic rings. The van der Waals surface area contributed by atoms with Gasteiger partial charge in [-0.3, -0.25) is 14.9 Å². The van der Waals surface area contributed by atoms with Gasteiger partial charge in [0.2, 0.25) is 0 Å². The van der Waals surface area contributed by atoms with Gasteiger partial charge in [0.05, 0.1) is 11.1 Å². The second-order valence-corrected chi connectivity index (χ2v) is 9.00. The van der Waals surface area contributed by atoms with Gasteiger partial charge in [0, 0.05) is 50.2 Å². The van der Waals surface area contributed by atoms with E-state index in [2.05, 4.69) is 34.9 Å². The van der Waals surface area contributed by atoms with Crippen molar-refractivity contribution in [2.24, 2.45) is 0 Å². The second-order valence-electron chi connectivity index (χ2n) is 8.09. The monoisotopic (exact) mass is 429 g/mol. The molecule has 6 heteroatoms. The Morgan fingerprint density at radius 1 is 0.903 bits per heavy atom. The average molecular weight is 430 g/mol. The van der Waals surface area contributed by atoms with Crippen LogP contribution in [0, 0.1) is 0 Å². The summed E-state index contributed by atoms with van der Waals surface area (Å²) >= 11 is 1.59. The van der Waals surface area contributed by atoms with Crippen LogP contribution in [0.3, 0.4) is 0 Å². The first-order chi connectivity index (χ1) is 15.0. The van der Waals surface area contributed by atoms with Gasteiger partial charge in [-0.25, -0.2) is 0 Å². The Kier molecular flexibility index (Phi) is 4.96. The van der Waals surface area contributed by atoms with Crippen LogP contribution in [0.25, 0.3) is 32.1 Å². The number of fused-ring (bicyclic) bond motifs is 2. The van der Waals surface area contributed by atoms with Crippen molar-refractivity contribution in [3.8, 4) is 0 Å². The number of rotatable bonds is 6. The lowest BCUT2D eigenvalue weighted by atomic mass is 9.95. The van der Waals surface area contributed by atoms with Crippen LogP contribution in [0.1, 0.15) is 17.5 Å². The van der Waals surface area contributed by atoms with Crippen LogP contribution >= 0.6 is 11.3 Å². The molecule has 2 aromatic carbocycles. The SMILES string of the molecule is CN(C)CCCn1cc(C2=C(c3csc4ccccc34)C(=O)NC2=O)c2ccccc21. The zero-order valence-corrected chi connectivity index (χ0v) is 18.3. The summed E-state index contributed by atoms with van der Waals surface area (Å²) in [5.74, 6) is -0.653. The first-order valence-corrected chi connectivity index (χ1v) is 11.2. The minimum absolute atomic E-state index is 0.326. The lowest BCUT2D eigenvalue weighted by Crippen LogP contribution is -2.22. The van der Waals surface area contributed by atoms with Crippen molar-refractivity contribution >= 4 is 55.3 Å². The van der Waals surface area contributed by atoms with E-state index in [9.17, 15) is 9.59 Å². The van der Waals surface area contributed by atoms with Gasteiger partial charge in [-0.2, -0.15) is 0 Å². The normalized spacial score (nSPS) is 14.4. The van der Waals surface area contributed by atoms with E-state index in [1.807, 2.05) is 54.0 Å². The fraction of sp³-hybridized carbons (Fsp3) is 0.200. The van der Waals surface area contributed by atoms with Gasteiger partial charge in [0.25, 0.3) is 11.8 Å². The van der Waals surface area contributed by atoms with Crippen LogP contribution < -0.4 is 5.32 Å². The van der Waals surface area contributed by atoms with Crippen molar-refractivity contribution in [1.82, 2.24) is 14.8 Å². The quantitative estimate of drug-likeness (QED) is 0.463. The number of para-hydroxylation sites is 1. The topological polar surface area (TPSA) is 54.3 Å². The maximum Gasteiger partial charge on any atom is 0.259 e.